The average molecular weight is 219 g/mol. The third-order valence-corrected chi connectivity index (χ3v) is 1.76. The van der Waals surface area contributed by atoms with Gasteiger partial charge in [0.15, 0.2) is 0 Å². The van der Waals surface area contributed by atoms with Crippen LogP contribution < -0.4 is 5.32 Å². The van der Waals surface area contributed by atoms with Crippen molar-refractivity contribution in [2.45, 2.75) is 19.1 Å². The Morgan fingerprint density at radius 2 is 2.27 bits per heavy atom. The molecule has 1 N–H and O–H groups in total. The Hall–Kier alpha value is -1.46. The molecule has 0 amide bonds. The van der Waals surface area contributed by atoms with Crippen LogP contribution in [-0.4, -0.2) is 22.3 Å². The Bertz CT molecular complexity index is 317. The summed E-state index contributed by atoms with van der Waals surface area (Å²) in [6.45, 7) is 3.85. The standard InChI is InChI=1S/C9H12F3N3/c1-2-4-13-8-14-5-7-15(8)6-3-9(10,11)12/h2,5,7H,1,3-4,6H2,(H,13,14). The monoisotopic (exact) mass is 219 g/mol. The Labute approximate surface area is 85.6 Å². The number of hydrogen-bond acceptors (Lipinski definition) is 2. The summed E-state index contributed by atoms with van der Waals surface area (Å²) in [4.78, 5) is 3.89. The minimum Gasteiger partial charge on any atom is -0.352 e. The number of nitrogens with zero attached hydrogens (tertiary/aromatic N) is 2. The van der Waals surface area contributed by atoms with E-state index in [1.54, 1.807) is 6.08 Å². The maximum absolute atomic E-state index is 12.0. The molecule has 84 valence electrons. The van der Waals surface area contributed by atoms with Crippen LogP contribution in [0.1, 0.15) is 6.42 Å². The van der Waals surface area contributed by atoms with E-state index in [0.29, 0.717) is 12.5 Å². The van der Waals surface area contributed by atoms with Gasteiger partial charge in [-0.25, -0.2) is 4.98 Å². The van der Waals surface area contributed by atoms with E-state index in [1.807, 2.05) is 0 Å². The van der Waals surface area contributed by atoms with Gasteiger partial charge in [-0.1, -0.05) is 6.08 Å². The lowest BCUT2D eigenvalue weighted by molar-refractivity contribution is -0.136. The lowest BCUT2D eigenvalue weighted by Gasteiger charge is -2.10. The van der Waals surface area contributed by atoms with Crippen LogP contribution in [0.25, 0.3) is 0 Å². The van der Waals surface area contributed by atoms with Crippen molar-refractivity contribution in [2.24, 2.45) is 0 Å². The molecule has 0 aliphatic rings. The van der Waals surface area contributed by atoms with Crippen molar-refractivity contribution in [1.29, 1.82) is 0 Å². The molecule has 1 aromatic heterocycles. The minimum atomic E-state index is -4.14. The van der Waals surface area contributed by atoms with Gasteiger partial charge in [-0.15, -0.1) is 6.58 Å². The number of aryl methyl sites for hydroxylation is 1. The second-order valence-corrected chi connectivity index (χ2v) is 2.98. The van der Waals surface area contributed by atoms with E-state index in [2.05, 4.69) is 16.9 Å². The van der Waals surface area contributed by atoms with E-state index in [0.717, 1.165) is 0 Å². The first kappa shape index (κ1) is 11.6. The number of hydrogen-bond donors (Lipinski definition) is 1. The molecular formula is C9H12F3N3. The highest BCUT2D eigenvalue weighted by molar-refractivity contribution is 5.26. The molecule has 1 heterocycles. The molecule has 0 unspecified atom stereocenters. The summed E-state index contributed by atoms with van der Waals surface area (Å²) in [5.74, 6) is 0.430. The summed E-state index contributed by atoms with van der Waals surface area (Å²) in [6, 6.07) is 0. The normalized spacial score (nSPS) is 11.4. The van der Waals surface area contributed by atoms with Crippen molar-refractivity contribution in [3.8, 4) is 0 Å². The summed E-state index contributed by atoms with van der Waals surface area (Å²) in [7, 11) is 0. The number of aromatic nitrogens is 2. The highest BCUT2D eigenvalue weighted by atomic mass is 19.4. The number of halogens is 3. The van der Waals surface area contributed by atoms with E-state index < -0.39 is 12.6 Å². The topological polar surface area (TPSA) is 29.9 Å². The van der Waals surface area contributed by atoms with Crippen LogP contribution in [0.2, 0.25) is 0 Å². The maximum Gasteiger partial charge on any atom is 0.390 e. The molecule has 1 rings (SSSR count). The number of imidazole rings is 1. The molecule has 3 nitrogen and oxygen atoms in total. The van der Waals surface area contributed by atoms with E-state index in [4.69, 9.17) is 0 Å². The fraction of sp³-hybridized carbons (Fsp3) is 0.444. The van der Waals surface area contributed by atoms with Gasteiger partial charge in [-0.3, -0.25) is 0 Å². The predicted molar refractivity (Wildman–Crippen MR) is 51.6 cm³/mol. The van der Waals surface area contributed by atoms with Crippen LogP contribution in [-0.2, 0) is 6.54 Å². The first-order valence-electron chi connectivity index (χ1n) is 4.45. The van der Waals surface area contributed by atoms with E-state index in [1.165, 1.54) is 17.0 Å². The molecular weight excluding hydrogens is 207 g/mol. The number of alkyl halides is 3. The van der Waals surface area contributed by atoms with E-state index >= 15 is 0 Å². The van der Waals surface area contributed by atoms with Gasteiger partial charge in [-0.05, 0) is 0 Å². The van der Waals surface area contributed by atoms with Crippen molar-refractivity contribution in [3.05, 3.63) is 25.0 Å². The largest absolute Gasteiger partial charge is 0.390 e. The molecule has 0 aliphatic heterocycles. The third-order valence-electron chi connectivity index (χ3n) is 1.76. The molecule has 0 fully saturated rings. The van der Waals surface area contributed by atoms with Crippen molar-refractivity contribution in [1.82, 2.24) is 9.55 Å². The van der Waals surface area contributed by atoms with Gasteiger partial charge < -0.3 is 9.88 Å². The summed E-state index contributed by atoms with van der Waals surface area (Å²) in [5, 5.41) is 2.85. The quantitative estimate of drug-likeness (QED) is 0.771. The minimum absolute atomic E-state index is 0.122. The second kappa shape index (κ2) is 4.86. The van der Waals surface area contributed by atoms with Crippen LogP contribution in [0.15, 0.2) is 25.0 Å². The molecule has 6 heteroatoms. The third kappa shape index (κ3) is 4.05. The van der Waals surface area contributed by atoms with Gasteiger partial charge in [0.25, 0.3) is 0 Å². The lowest BCUT2D eigenvalue weighted by atomic mass is 10.4. The zero-order valence-corrected chi connectivity index (χ0v) is 8.09. The molecule has 0 bridgehead atoms. The SMILES string of the molecule is C=CCNc1nccn1CCC(F)(F)F. The molecule has 0 saturated heterocycles. The average Bonchev–Trinajstić information content (AvgIpc) is 2.57. The molecule has 0 atom stereocenters. The molecule has 15 heavy (non-hydrogen) atoms. The highest BCUT2D eigenvalue weighted by Gasteiger charge is 2.26. The van der Waals surface area contributed by atoms with E-state index in [9.17, 15) is 13.2 Å². The van der Waals surface area contributed by atoms with Crippen LogP contribution >= 0.6 is 0 Å². The maximum atomic E-state index is 12.0. The Morgan fingerprint density at radius 1 is 1.53 bits per heavy atom. The number of anilines is 1. The van der Waals surface area contributed by atoms with Crippen molar-refractivity contribution >= 4 is 5.95 Å². The second-order valence-electron chi connectivity index (χ2n) is 2.98. The molecule has 0 aromatic carbocycles. The summed E-state index contributed by atoms with van der Waals surface area (Å²) >= 11 is 0. The summed E-state index contributed by atoms with van der Waals surface area (Å²) < 4.78 is 37.3. The number of nitrogens with one attached hydrogen (secondary N) is 1. The fourth-order valence-corrected chi connectivity index (χ4v) is 1.07. The molecule has 0 spiro atoms. The van der Waals surface area contributed by atoms with Crippen molar-refractivity contribution < 1.29 is 13.2 Å². The van der Waals surface area contributed by atoms with Crippen LogP contribution in [0, 0.1) is 0 Å². The zero-order chi connectivity index (χ0) is 11.3. The summed E-state index contributed by atoms with van der Waals surface area (Å²) in [6.07, 6.45) is -0.409. The van der Waals surface area contributed by atoms with Gasteiger partial charge in [-0.2, -0.15) is 13.2 Å². The molecule has 1 aromatic rings. The highest BCUT2D eigenvalue weighted by Crippen LogP contribution is 2.21. The summed E-state index contributed by atoms with van der Waals surface area (Å²) in [5.41, 5.74) is 0. The zero-order valence-electron chi connectivity index (χ0n) is 8.09. The van der Waals surface area contributed by atoms with Crippen LogP contribution in [0.5, 0.6) is 0 Å². The lowest BCUT2D eigenvalue weighted by Crippen LogP contribution is -2.14. The van der Waals surface area contributed by atoms with Gasteiger partial charge >= 0.3 is 6.18 Å². The molecule has 0 aliphatic carbocycles. The van der Waals surface area contributed by atoms with Gasteiger partial charge in [0.2, 0.25) is 5.95 Å². The van der Waals surface area contributed by atoms with Crippen molar-refractivity contribution in [2.75, 3.05) is 11.9 Å². The van der Waals surface area contributed by atoms with E-state index in [-0.39, 0.29) is 6.54 Å². The predicted octanol–water partition coefficient (Wildman–Crippen LogP) is 2.43. The first-order valence-corrected chi connectivity index (χ1v) is 4.45. The molecule has 0 saturated carbocycles. The Morgan fingerprint density at radius 3 is 2.87 bits per heavy atom. The Balaban J connectivity index is 2.53. The van der Waals surface area contributed by atoms with Crippen LogP contribution in [0.4, 0.5) is 19.1 Å². The van der Waals surface area contributed by atoms with Gasteiger partial charge in [0.05, 0.1) is 6.42 Å². The number of rotatable bonds is 5. The van der Waals surface area contributed by atoms with Gasteiger partial charge in [0, 0.05) is 25.5 Å². The van der Waals surface area contributed by atoms with Crippen LogP contribution in [0.3, 0.4) is 0 Å². The van der Waals surface area contributed by atoms with Crippen molar-refractivity contribution in [3.63, 3.8) is 0 Å². The first-order chi connectivity index (χ1) is 7.03. The smallest absolute Gasteiger partial charge is 0.352 e. The fourth-order valence-electron chi connectivity index (χ4n) is 1.07. The van der Waals surface area contributed by atoms with Gasteiger partial charge in [0.1, 0.15) is 0 Å². The Kier molecular flexibility index (Phi) is 3.76. The molecule has 0 radical (unpaired) electrons.